The molecule has 2 aromatic carbocycles. The third-order valence-electron chi connectivity index (χ3n) is 2.53. The molecule has 0 aliphatic carbocycles. The smallest absolute Gasteiger partial charge is 0.129 e. The zero-order chi connectivity index (χ0) is 12.4. The van der Waals surface area contributed by atoms with Crippen molar-refractivity contribution in [1.29, 1.82) is 0 Å². The van der Waals surface area contributed by atoms with Gasteiger partial charge in [-0.05, 0) is 29.8 Å². The van der Waals surface area contributed by atoms with Crippen molar-refractivity contribution < 1.29 is 8.78 Å². The van der Waals surface area contributed by atoms with Crippen LogP contribution in [0.4, 0.5) is 8.78 Å². The van der Waals surface area contributed by atoms with Crippen LogP contribution in [0.3, 0.4) is 0 Å². The molecule has 0 saturated carbocycles. The molecule has 4 heteroatoms. The molecule has 2 aromatic rings. The van der Waals surface area contributed by atoms with E-state index >= 15 is 0 Å². The number of nitrogens with two attached hydrogens (primary N) is 1. The van der Waals surface area contributed by atoms with Crippen molar-refractivity contribution in [1.82, 2.24) is 0 Å². The first-order valence-corrected chi connectivity index (χ1v) is 5.83. The minimum Gasteiger partial charge on any atom is -0.320 e. The highest BCUT2D eigenvalue weighted by Gasteiger charge is 2.13. The van der Waals surface area contributed by atoms with Crippen molar-refractivity contribution in [2.24, 2.45) is 5.73 Å². The molecular weight excluding hydrogens is 288 g/mol. The second-order valence-electron chi connectivity index (χ2n) is 3.70. The summed E-state index contributed by atoms with van der Waals surface area (Å²) in [4.78, 5) is 0. The van der Waals surface area contributed by atoms with Crippen LogP contribution in [0, 0.1) is 11.6 Å². The maximum Gasteiger partial charge on any atom is 0.129 e. The SMILES string of the molecule is NC(c1ccc(F)cc1)c1ccc(Br)cc1F. The lowest BCUT2D eigenvalue weighted by molar-refractivity contribution is 0.597. The van der Waals surface area contributed by atoms with Crippen molar-refractivity contribution in [2.75, 3.05) is 0 Å². The van der Waals surface area contributed by atoms with Crippen molar-refractivity contribution in [3.05, 3.63) is 69.7 Å². The summed E-state index contributed by atoms with van der Waals surface area (Å²) in [6.45, 7) is 0. The van der Waals surface area contributed by atoms with E-state index in [9.17, 15) is 8.78 Å². The molecule has 0 aliphatic rings. The summed E-state index contributed by atoms with van der Waals surface area (Å²) >= 11 is 3.18. The summed E-state index contributed by atoms with van der Waals surface area (Å²) in [5.41, 5.74) is 7.00. The van der Waals surface area contributed by atoms with Crippen LogP contribution in [0.5, 0.6) is 0 Å². The van der Waals surface area contributed by atoms with E-state index in [1.54, 1.807) is 24.3 Å². The van der Waals surface area contributed by atoms with Crippen molar-refractivity contribution in [3.8, 4) is 0 Å². The fourth-order valence-corrected chi connectivity index (χ4v) is 1.94. The molecule has 0 radical (unpaired) electrons. The van der Waals surface area contributed by atoms with Gasteiger partial charge in [-0.25, -0.2) is 8.78 Å². The molecule has 1 unspecified atom stereocenters. The van der Waals surface area contributed by atoms with Gasteiger partial charge in [0.2, 0.25) is 0 Å². The average molecular weight is 298 g/mol. The molecule has 1 nitrogen and oxygen atoms in total. The lowest BCUT2D eigenvalue weighted by Crippen LogP contribution is -2.13. The molecule has 0 bridgehead atoms. The molecule has 17 heavy (non-hydrogen) atoms. The molecule has 2 rings (SSSR count). The van der Waals surface area contributed by atoms with Gasteiger partial charge in [0.15, 0.2) is 0 Å². The van der Waals surface area contributed by atoms with Crippen molar-refractivity contribution >= 4 is 15.9 Å². The van der Waals surface area contributed by atoms with Crippen LogP contribution in [-0.2, 0) is 0 Å². The summed E-state index contributed by atoms with van der Waals surface area (Å²) in [5, 5.41) is 0. The van der Waals surface area contributed by atoms with Gasteiger partial charge in [0.25, 0.3) is 0 Å². The number of hydrogen-bond donors (Lipinski definition) is 1. The summed E-state index contributed by atoms with van der Waals surface area (Å²) < 4.78 is 27.1. The lowest BCUT2D eigenvalue weighted by Gasteiger charge is -2.13. The first kappa shape index (κ1) is 12.2. The van der Waals surface area contributed by atoms with Gasteiger partial charge < -0.3 is 5.73 Å². The van der Waals surface area contributed by atoms with Crippen molar-refractivity contribution in [2.45, 2.75) is 6.04 Å². The van der Waals surface area contributed by atoms with E-state index in [1.165, 1.54) is 18.2 Å². The molecule has 0 aromatic heterocycles. The minimum atomic E-state index is -0.594. The highest BCUT2D eigenvalue weighted by Crippen LogP contribution is 2.24. The standard InChI is InChI=1S/C13H10BrF2N/c14-9-3-6-11(12(16)7-9)13(17)8-1-4-10(15)5-2-8/h1-7,13H,17H2. The molecule has 0 amide bonds. The molecule has 0 saturated heterocycles. The van der Waals surface area contributed by atoms with Crippen LogP contribution >= 0.6 is 15.9 Å². The molecular formula is C13H10BrF2N. The normalized spacial score (nSPS) is 12.5. The molecule has 0 fully saturated rings. The molecule has 0 aliphatic heterocycles. The highest BCUT2D eigenvalue weighted by atomic mass is 79.9. The van der Waals surface area contributed by atoms with Crippen LogP contribution in [0.2, 0.25) is 0 Å². The van der Waals surface area contributed by atoms with Gasteiger partial charge in [0.1, 0.15) is 11.6 Å². The predicted molar refractivity (Wildman–Crippen MR) is 66.5 cm³/mol. The zero-order valence-electron chi connectivity index (χ0n) is 8.83. The number of hydrogen-bond acceptors (Lipinski definition) is 1. The summed E-state index contributed by atoms with van der Waals surface area (Å²) in [7, 11) is 0. The van der Waals surface area contributed by atoms with E-state index in [1.807, 2.05) is 0 Å². The number of benzene rings is 2. The quantitative estimate of drug-likeness (QED) is 0.897. The molecule has 1 atom stereocenters. The Hall–Kier alpha value is -1.26. The Morgan fingerprint density at radius 1 is 1.00 bits per heavy atom. The van der Waals surface area contributed by atoms with E-state index in [0.717, 1.165) is 0 Å². The summed E-state index contributed by atoms with van der Waals surface area (Å²) in [6.07, 6.45) is 0. The second kappa shape index (κ2) is 4.94. The molecule has 2 N–H and O–H groups in total. The van der Waals surface area contributed by atoms with Crippen LogP contribution in [-0.4, -0.2) is 0 Å². The molecule has 0 spiro atoms. The maximum absolute atomic E-state index is 13.7. The van der Waals surface area contributed by atoms with Crippen LogP contribution in [0.25, 0.3) is 0 Å². The van der Waals surface area contributed by atoms with Gasteiger partial charge in [-0.1, -0.05) is 34.1 Å². The van der Waals surface area contributed by atoms with E-state index in [0.29, 0.717) is 15.6 Å². The Balaban J connectivity index is 2.36. The maximum atomic E-state index is 13.7. The van der Waals surface area contributed by atoms with E-state index in [-0.39, 0.29) is 11.6 Å². The Bertz CT molecular complexity index is 525. The van der Waals surface area contributed by atoms with Crippen LogP contribution in [0.15, 0.2) is 46.9 Å². The minimum absolute atomic E-state index is 0.336. The zero-order valence-corrected chi connectivity index (χ0v) is 10.4. The van der Waals surface area contributed by atoms with Gasteiger partial charge in [-0.15, -0.1) is 0 Å². The van der Waals surface area contributed by atoms with Gasteiger partial charge in [-0.2, -0.15) is 0 Å². The second-order valence-corrected chi connectivity index (χ2v) is 4.61. The molecule has 88 valence electrons. The number of rotatable bonds is 2. The predicted octanol–water partition coefficient (Wildman–Crippen LogP) is 3.78. The first-order valence-electron chi connectivity index (χ1n) is 5.04. The largest absolute Gasteiger partial charge is 0.320 e. The van der Waals surface area contributed by atoms with Gasteiger partial charge in [-0.3, -0.25) is 0 Å². The fourth-order valence-electron chi connectivity index (χ4n) is 1.60. The summed E-state index contributed by atoms with van der Waals surface area (Å²) in [5.74, 6) is -0.714. The van der Waals surface area contributed by atoms with Crippen molar-refractivity contribution in [3.63, 3.8) is 0 Å². The van der Waals surface area contributed by atoms with Gasteiger partial charge in [0, 0.05) is 10.0 Å². The number of halogens is 3. The third-order valence-corrected chi connectivity index (χ3v) is 3.02. The Kier molecular flexibility index (Phi) is 3.54. The van der Waals surface area contributed by atoms with Gasteiger partial charge >= 0.3 is 0 Å². The monoisotopic (exact) mass is 297 g/mol. The summed E-state index contributed by atoms with van der Waals surface area (Å²) in [6, 6.07) is 9.85. The third kappa shape index (κ3) is 2.70. The Labute approximate surface area is 106 Å². The highest BCUT2D eigenvalue weighted by molar-refractivity contribution is 9.10. The first-order chi connectivity index (χ1) is 8.08. The van der Waals surface area contributed by atoms with Crippen LogP contribution in [0.1, 0.15) is 17.2 Å². The van der Waals surface area contributed by atoms with Gasteiger partial charge in [0.05, 0.1) is 6.04 Å². The Morgan fingerprint density at radius 3 is 2.24 bits per heavy atom. The fraction of sp³-hybridized carbons (Fsp3) is 0.0769. The Morgan fingerprint density at radius 2 is 1.65 bits per heavy atom. The van der Waals surface area contributed by atoms with E-state index < -0.39 is 6.04 Å². The topological polar surface area (TPSA) is 26.0 Å². The van der Waals surface area contributed by atoms with E-state index in [4.69, 9.17) is 5.73 Å². The molecule has 0 heterocycles. The van der Waals surface area contributed by atoms with Crippen LogP contribution < -0.4 is 5.73 Å². The van der Waals surface area contributed by atoms with E-state index in [2.05, 4.69) is 15.9 Å². The average Bonchev–Trinajstić information content (AvgIpc) is 2.29. The lowest BCUT2D eigenvalue weighted by atomic mass is 9.99.